The van der Waals surface area contributed by atoms with E-state index < -0.39 is 0 Å². The fourth-order valence-electron chi connectivity index (χ4n) is 5.94. The number of phenols is 1. The van der Waals surface area contributed by atoms with Crippen LogP contribution >= 0.6 is 0 Å². The number of rotatable bonds is 7. The number of H-pyrrole nitrogens is 1. The van der Waals surface area contributed by atoms with Crippen LogP contribution in [0.3, 0.4) is 0 Å². The predicted molar refractivity (Wildman–Crippen MR) is 140 cm³/mol. The highest BCUT2D eigenvalue weighted by Gasteiger charge is 2.33. The molecule has 1 saturated heterocycles. The Hall–Kier alpha value is -3.19. The van der Waals surface area contributed by atoms with E-state index in [1.165, 1.54) is 43.6 Å². The number of likely N-dealkylation sites (tertiary alicyclic amines) is 1. The third kappa shape index (κ3) is 4.76. The average Bonchev–Trinajstić information content (AvgIpc) is 3.48. The summed E-state index contributed by atoms with van der Waals surface area (Å²) in [6.45, 7) is 7.81. The Morgan fingerprint density at radius 3 is 2.61 bits per heavy atom. The van der Waals surface area contributed by atoms with Gasteiger partial charge in [0.1, 0.15) is 11.5 Å². The molecule has 6 rings (SSSR count). The van der Waals surface area contributed by atoms with Crippen molar-refractivity contribution < 1.29 is 9.63 Å². The van der Waals surface area contributed by atoms with Gasteiger partial charge in [-0.25, -0.2) is 0 Å². The van der Waals surface area contributed by atoms with Gasteiger partial charge >= 0.3 is 0 Å². The molecule has 2 aliphatic rings. The number of aromatic nitrogens is 4. The summed E-state index contributed by atoms with van der Waals surface area (Å²) in [4.78, 5) is 6.07. The summed E-state index contributed by atoms with van der Waals surface area (Å²) in [5.74, 6) is 3.71. The number of fused-ring (bicyclic) bond motifs is 1. The van der Waals surface area contributed by atoms with Gasteiger partial charge in [-0.15, -0.1) is 10.2 Å². The van der Waals surface area contributed by atoms with E-state index in [4.69, 9.17) is 4.52 Å². The third-order valence-electron chi connectivity index (χ3n) is 7.94. The fourth-order valence-corrected chi connectivity index (χ4v) is 5.94. The molecule has 4 aromatic rings. The van der Waals surface area contributed by atoms with Gasteiger partial charge in [0.05, 0.1) is 11.4 Å². The molecule has 0 atom stereocenters. The zero-order chi connectivity index (χ0) is 24.6. The maximum Gasteiger partial charge on any atom is 0.160 e. The van der Waals surface area contributed by atoms with Gasteiger partial charge < -0.3 is 19.5 Å². The topological polar surface area (TPSA) is 91.1 Å². The van der Waals surface area contributed by atoms with E-state index in [-0.39, 0.29) is 5.75 Å². The lowest BCUT2D eigenvalue weighted by molar-refractivity contribution is 0.107. The van der Waals surface area contributed by atoms with Gasteiger partial charge in [0.2, 0.25) is 0 Å². The number of nitrogens with one attached hydrogen (secondary N) is 1. The van der Waals surface area contributed by atoms with Gasteiger partial charge in [0.15, 0.2) is 5.65 Å². The predicted octanol–water partition coefficient (Wildman–Crippen LogP) is 5.89. The maximum atomic E-state index is 10.2. The van der Waals surface area contributed by atoms with Gasteiger partial charge in [-0.3, -0.25) is 0 Å². The van der Waals surface area contributed by atoms with E-state index in [0.29, 0.717) is 29.0 Å². The molecule has 1 aromatic carbocycles. The number of phenolic OH excluding ortho intramolecular Hbond substituents is 1. The van der Waals surface area contributed by atoms with Crippen LogP contribution in [0.25, 0.3) is 22.3 Å². The summed E-state index contributed by atoms with van der Waals surface area (Å²) in [7, 11) is 0. The Kier molecular flexibility index (Phi) is 6.25. The summed E-state index contributed by atoms with van der Waals surface area (Å²) < 4.78 is 5.58. The second kappa shape index (κ2) is 9.69. The molecule has 0 spiro atoms. The molecule has 2 fully saturated rings. The molecule has 0 amide bonds. The van der Waals surface area contributed by atoms with Gasteiger partial charge in [-0.05, 0) is 61.8 Å². The van der Waals surface area contributed by atoms with Crippen molar-refractivity contribution in [3.8, 4) is 17.0 Å². The van der Waals surface area contributed by atoms with Crippen molar-refractivity contribution in [2.24, 2.45) is 11.8 Å². The van der Waals surface area contributed by atoms with Crippen molar-refractivity contribution in [3.05, 3.63) is 59.6 Å². The lowest BCUT2D eigenvalue weighted by Gasteiger charge is -2.42. The van der Waals surface area contributed by atoms with E-state index in [1.807, 2.05) is 24.3 Å². The lowest BCUT2D eigenvalue weighted by Crippen LogP contribution is -2.47. The molecule has 0 unspecified atom stereocenters. The number of benzene rings is 1. The largest absolute Gasteiger partial charge is 0.507 e. The first-order valence-corrected chi connectivity index (χ1v) is 13.3. The van der Waals surface area contributed by atoms with Gasteiger partial charge in [0.25, 0.3) is 0 Å². The molecular weight excluding hydrogens is 450 g/mol. The van der Waals surface area contributed by atoms with E-state index in [1.54, 1.807) is 6.07 Å². The molecule has 1 aliphatic heterocycles. The summed E-state index contributed by atoms with van der Waals surface area (Å²) in [6.07, 6.45) is 5.95. The third-order valence-corrected chi connectivity index (χ3v) is 7.94. The van der Waals surface area contributed by atoms with Crippen LogP contribution in [0.5, 0.6) is 5.75 Å². The molecule has 1 aliphatic carbocycles. The highest BCUT2D eigenvalue weighted by molar-refractivity contribution is 5.81. The average molecular weight is 486 g/mol. The SMILES string of the molecule is CC(C)Cc1cc(C2CCC(CN3CC(c4cc5cc(-c6ccccc6O)nnc5[nH]4)C3)CC2)no1. The first kappa shape index (κ1) is 23.2. The molecular formula is C29H35N5O2. The molecule has 7 heteroatoms. The van der Waals surface area contributed by atoms with E-state index >= 15 is 0 Å². The minimum atomic E-state index is 0.225. The van der Waals surface area contributed by atoms with Crippen LogP contribution in [0.1, 0.15) is 68.5 Å². The first-order chi connectivity index (χ1) is 17.5. The summed E-state index contributed by atoms with van der Waals surface area (Å²) in [5.41, 5.74) is 4.61. The Labute approximate surface area is 211 Å². The Bertz CT molecular complexity index is 1330. The second-order valence-corrected chi connectivity index (χ2v) is 11.2. The highest BCUT2D eigenvalue weighted by Crippen LogP contribution is 2.38. The van der Waals surface area contributed by atoms with Crippen LogP contribution < -0.4 is 0 Å². The number of nitrogens with zero attached hydrogens (tertiary/aromatic N) is 4. The van der Waals surface area contributed by atoms with Crippen molar-refractivity contribution in [3.63, 3.8) is 0 Å². The monoisotopic (exact) mass is 485 g/mol. The maximum absolute atomic E-state index is 10.2. The molecule has 1 saturated carbocycles. The Balaban J connectivity index is 1.01. The number of aromatic amines is 1. The van der Waals surface area contributed by atoms with Crippen LogP contribution in [0.2, 0.25) is 0 Å². The van der Waals surface area contributed by atoms with Crippen LogP contribution in [-0.2, 0) is 6.42 Å². The number of para-hydroxylation sites is 1. The molecule has 36 heavy (non-hydrogen) atoms. The van der Waals surface area contributed by atoms with E-state index in [9.17, 15) is 5.11 Å². The van der Waals surface area contributed by atoms with Gasteiger partial charge in [0, 0.05) is 60.6 Å². The number of hydrogen-bond acceptors (Lipinski definition) is 6. The number of hydrogen-bond donors (Lipinski definition) is 2. The van der Waals surface area contributed by atoms with Crippen LogP contribution in [0.15, 0.2) is 47.0 Å². The smallest absolute Gasteiger partial charge is 0.160 e. The Morgan fingerprint density at radius 2 is 1.83 bits per heavy atom. The van der Waals surface area contributed by atoms with Crippen LogP contribution in [0, 0.1) is 11.8 Å². The van der Waals surface area contributed by atoms with Crippen molar-refractivity contribution in [1.29, 1.82) is 0 Å². The minimum absolute atomic E-state index is 0.225. The minimum Gasteiger partial charge on any atom is -0.507 e. The van der Waals surface area contributed by atoms with E-state index in [0.717, 1.165) is 42.2 Å². The second-order valence-electron chi connectivity index (χ2n) is 11.2. The summed E-state index contributed by atoms with van der Waals surface area (Å²) in [6, 6.07) is 13.7. The highest BCUT2D eigenvalue weighted by atomic mass is 16.5. The van der Waals surface area contributed by atoms with Crippen LogP contribution in [-0.4, -0.2) is 50.0 Å². The number of aromatic hydroxyl groups is 1. The van der Waals surface area contributed by atoms with E-state index in [2.05, 4.69) is 51.2 Å². The van der Waals surface area contributed by atoms with Gasteiger partial charge in [-0.1, -0.05) is 31.1 Å². The zero-order valence-electron chi connectivity index (χ0n) is 21.2. The molecule has 3 aromatic heterocycles. The first-order valence-electron chi connectivity index (χ1n) is 13.3. The van der Waals surface area contributed by atoms with Crippen molar-refractivity contribution in [2.45, 2.75) is 57.8 Å². The lowest BCUT2D eigenvalue weighted by atomic mass is 9.79. The zero-order valence-corrected chi connectivity index (χ0v) is 21.2. The normalized spacial score (nSPS) is 21.3. The molecule has 4 heterocycles. The van der Waals surface area contributed by atoms with Crippen molar-refractivity contribution in [2.75, 3.05) is 19.6 Å². The van der Waals surface area contributed by atoms with Gasteiger partial charge in [-0.2, -0.15) is 0 Å². The fraction of sp³-hybridized carbons (Fsp3) is 0.483. The quantitative estimate of drug-likeness (QED) is 0.339. The van der Waals surface area contributed by atoms with Crippen molar-refractivity contribution in [1.82, 2.24) is 25.2 Å². The standard InChI is InChI=1S/C29H35N5O2/c1-18(2)11-23-14-26(33-36-23)20-9-7-19(8-10-20)15-34-16-22(17-34)25-12-21-13-27(31-32-29(21)30-25)24-5-3-4-6-28(24)35/h3-6,12-14,18-20,22,35H,7-11,15-17H2,1-2H3,(H,30,32). The van der Waals surface area contributed by atoms with Crippen LogP contribution in [0.4, 0.5) is 0 Å². The molecule has 0 radical (unpaired) electrons. The summed E-state index contributed by atoms with van der Waals surface area (Å²) in [5, 5.41) is 24.3. The van der Waals surface area contributed by atoms with Crippen molar-refractivity contribution >= 4 is 11.0 Å². The molecule has 188 valence electrons. The summed E-state index contributed by atoms with van der Waals surface area (Å²) >= 11 is 0. The Morgan fingerprint density at radius 1 is 1.03 bits per heavy atom. The molecule has 7 nitrogen and oxygen atoms in total. The molecule has 2 N–H and O–H groups in total. The molecule has 0 bridgehead atoms.